The van der Waals surface area contributed by atoms with Crippen molar-refractivity contribution in [3.8, 4) is 11.5 Å². The number of hydrogen-bond donors (Lipinski definition) is 3. The molecule has 0 aromatic heterocycles. The molecule has 0 fully saturated rings. The molecule has 7 heteroatoms. The number of aromatic hydroxyl groups is 1. The van der Waals surface area contributed by atoms with Gasteiger partial charge in [-0.05, 0) is 60.6 Å². The summed E-state index contributed by atoms with van der Waals surface area (Å²) >= 11 is 1.50. The van der Waals surface area contributed by atoms with Gasteiger partial charge < -0.3 is 19.6 Å². The van der Waals surface area contributed by atoms with Gasteiger partial charge in [0.05, 0.1) is 0 Å². The van der Waals surface area contributed by atoms with Crippen LogP contribution in [0.25, 0.3) is 0 Å². The van der Waals surface area contributed by atoms with Crippen LogP contribution >= 0.6 is 19.4 Å². The van der Waals surface area contributed by atoms with Gasteiger partial charge in [0.25, 0.3) is 0 Å². The number of ether oxygens (including phenoxy) is 1. The zero-order chi connectivity index (χ0) is 17.9. The van der Waals surface area contributed by atoms with Crippen molar-refractivity contribution in [3.05, 3.63) is 52.6 Å². The van der Waals surface area contributed by atoms with Crippen LogP contribution in [-0.2, 0) is 11.0 Å². The lowest BCUT2D eigenvalue weighted by molar-refractivity contribution is 0.300. The molecule has 0 amide bonds. The zero-order valence-corrected chi connectivity index (χ0v) is 15.5. The molecular formula is C17H21O5PS. The van der Waals surface area contributed by atoms with Crippen LogP contribution < -0.4 is 4.74 Å². The summed E-state index contributed by atoms with van der Waals surface area (Å²) in [5, 5.41) is 10.3. The highest BCUT2D eigenvalue weighted by Crippen LogP contribution is 2.36. The molecule has 0 aliphatic heterocycles. The molecule has 0 aliphatic carbocycles. The number of benzene rings is 2. The minimum absolute atomic E-state index is 0.297. The molecule has 0 saturated heterocycles. The molecule has 0 saturated carbocycles. The molecule has 2 aromatic carbocycles. The lowest BCUT2D eigenvalue weighted by atomic mass is 9.95. The number of thioether (sulfide) groups is 1. The van der Waals surface area contributed by atoms with E-state index in [1.165, 1.54) is 11.8 Å². The van der Waals surface area contributed by atoms with Crippen molar-refractivity contribution < 1.29 is 24.2 Å². The number of hydrogen-bond acceptors (Lipinski definition) is 4. The number of phenolic OH excluding ortho intramolecular Hbond substituents is 1. The first-order valence-corrected chi connectivity index (χ1v) is 10.4. The smallest absolute Gasteiger partial charge is 0.362 e. The van der Waals surface area contributed by atoms with Crippen molar-refractivity contribution in [2.45, 2.75) is 25.2 Å². The van der Waals surface area contributed by atoms with E-state index in [0.717, 1.165) is 27.1 Å². The Morgan fingerprint density at radius 1 is 1.17 bits per heavy atom. The van der Waals surface area contributed by atoms with Crippen molar-refractivity contribution in [2.24, 2.45) is 0 Å². The highest BCUT2D eigenvalue weighted by molar-refractivity contribution is 7.98. The van der Waals surface area contributed by atoms with Gasteiger partial charge in [-0.2, -0.15) is 0 Å². The third kappa shape index (κ3) is 4.77. The van der Waals surface area contributed by atoms with Crippen LogP contribution in [0.15, 0.2) is 35.2 Å². The largest absolute Gasteiger partial charge is 0.506 e. The fraction of sp³-hybridized carbons (Fsp3) is 0.294. The van der Waals surface area contributed by atoms with E-state index in [-0.39, 0.29) is 0 Å². The lowest BCUT2D eigenvalue weighted by Gasteiger charge is -2.15. The Morgan fingerprint density at radius 2 is 1.79 bits per heavy atom. The number of phenols is 1. The van der Waals surface area contributed by atoms with Crippen molar-refractivity contribution >= 4 is 19.4 Å². The molecule has 2 aromatic rings. The molecule has 0 heterocycles. The number of rotatable bonds is 6. The van der Waals surface area contributed by atoms with Gasteiger partial charge in [0.2, 0.25) is 0 Å². The minimum atomic E-state index is -4.20. The Balaban J connectivity index is 2.27. The molecule has 24 heavy (non-hydrogen) atoms. The summed E-state index contributed by atoms with van der Waals surface area (Å²) in [5.41, 5.74) is 3.80. The van der Waals surface area contributed by atoms with Crippen LogP contribution in [0, 0.1) is 13.8 Å². The van der Waals surface area contributed by atoms with E-state index in [1.54, 1.807) is 12.1 Å². The van der Waals surface area contributed by atoms with Gasteiger partial charge in [-0.1, -0.05) is 12.1 Å². The van der Waals surface area contributed by atoms with E-state index in [0.29, 0.717) is 17.9 Å². The van der Waals surface area contributed by atoms with Crippen LogP contribution in [0.3, 0.4) is 0 Å². The Hall–Kier alpha value is -1.46. The fourth-order valence-electron chi connectivity index (χ4n) is 2.54. The van der Waals surface area contributed by atoms with E-state index < -0.39 is 13.9 Å². The Kier molecular flexibility index (Phi) is 5.99. The van der Waals surface area contributed by atoms with Gasteiger partial charge in [0, 0.05) is 11.3 Å². The second-order valence-electron chi connectivity index (χ2n) is 5.62. The molecule has 0 bridgehead atoms. The van der Waals surface area contributed by atoms with E-state index in [2.05, 4.69) is 0 Å². The first kappa shape index (κ1) is 18.9. The molecule has 5 nitrogen and oxygen atoms in total. The third-order valence-corrected chi connectivity index (χ3v) is 4.97. The average molecular weight is 368 g/mol. The Bertz CT molecular complexity index is 762. The Labute approximate surface area is 145 Å². The molecule has 0 radical (unpaired) electrons. The average Bonchev–Trinajstić information content (AvgIpc) is 2.49. The zero-order valence-electron chi connectivity index (χ0n) is 13.8. The Morgan fingerprint density at radius 3 is 2.33 bits per heavy atom. The topological polar surface area (TPSA) is 87.0 Å². The molecule has 130 valence electrons. The van der Waals surface area contributed by atoms with Crippen LogP contribution in [0.4, 0.5) is 0 Å². The summed E-state index contributed by atoms with van der Waals surface area (Å²) in [5.74, 6) is 0.727. The quantitative estimate of drug-likeness (QED) is 0.531. The van der Waals surface area contributed by atoms with Gasteiger partial charge in [0.15, 0.2) is 6.35 Å². The maximum Gasteiger partial charge on any atom is 0.362 e. The highest BCUT2D eigenvalue weighted by Gasteiger charge is 2.15. The van der Waals surface area contributed by atoms with E-state index in [4.69, 9.17) is 14.5 Å². The monoisotopic (exact) mass is 368 g/mol. The fourth-order valence-corrected chi connectivity index (χ4v) is 3.40. The number of para-hydroxylation sites is 1. The van der Waals surface area contributed by atoms with Gasteiger partial charge >= 0.3 is 7.60 Å². The van der Waals surface area contributed by atoms with Crippen molar-refractivity contribution in [2.75, 3.05) is 12.6 Å². The van der Waals surface area contributed by atoms with E-state index in [1.807, 2.05) is 38.3 Å². The SMILES string of the molecule is CSc1cccc(Cc2c(C)cc(OCP(=O)(O)O)cc2C)c1O. The molecule has 0 unspecified atom stereocenters. The molecule has 3 N–H and O–H groups in total. The van der Waals surface area contributed by atoms with Crippen molar-refractivity contribution in [3.63, 3.8) is 0 Å². The molecule has 0 spiro atoms. The summed E-state index contributed by atoms with van der Waals surface area (Å²) < 4.78 is 16.1. The van der Waals surface area contributed by atoms with Crippen molar-refractivity contribution in [1.29, 1.82) is 0 Å². The van der Waals surface area contributed by atoms with Crippen LogP contribution in [0.1, 0.15) is 22.3 Å². The molecule has 0 atom stereocenters. The second kappa shape index (κ2) is 7.62. The maximum absolute atomic E-state index is 10.9. The van der Waals surface area contributed by atoms with Crippen molar-refractivity contribution in [1.82, 2.24) is 0 Å². The second-order valence-corrected chi connectivity index (χ2v) is 8.05. The summed E-state index contributed by atoms with van der Waals surface area (Å²) in [6.07, 6.45) is 1.86. The standard InChI is InChI=1S/C17H21O5PS/c1-11-7-14(22-10-23(19,20)21)8-12(2)15(11)9-13-5-4-6-16(24-3)17(13)18/h4-8,18H,9-10H2,1-3H3,(H2,19,20,21). The first-order valence-electron chi connectivity index (χ1n) is 7.33. The number of aryl methyl sites for hydroxylation is 2. The molecule has 0 aliphatic rings. The minimum Gasteiger partial charge on any atom is -0.506 e. The van der Waals surface area contributed by atoms with Gasteiger partial charge in [-0.15, -0.1) is 11.8 Å². The normalized spacial score (nSPS) is 11.5. The lowest BCUT2D eigenvalue weighted by Crippen LogP contribution is -2.01. The highest BCUT2D eigenvalue weighted by atomic mass is 32.2. The van der Waals surface area contributed by atoms with Gasteiger partial charge in [-0.25, -0.2) is 0 Å². The van der Waals surface area contributed by atoms with Gasteiger partial charge in [-0.3, -0.25) is 4.57 Å². The summed E-state index contributed by atoms with van der Waals surface area (Å²) in [6.45, 7) is 3.84. The van der Waals surface area contributed by atoms with Crippen LogP contribution in [0.2, 0.25) is 0 Å². The summed E-state index contributed by atoms with van der Waals surface area (Å²) in [6, 6.07) is 9.21. The van der Waals surface area contributed by atoms with Gasteiger partial charge in [0.1, 0.15) is 11.5 Å². The predicted octanol–water partition coefficient (Wildman–Crippen LogP) is 3.84. The van der Waals surface area contributed by atoms with Crippen LogP contribution in [0.5, 0.6) is 11.5 Å². The molecular weight excluding hydrogens is 347 g/mol. The third-order valence-electron chi connectivity index (χ3n) is 3.74. The van der Waals surface area contributed by atoms with E-state index >= 15 is 0 Å². The maximum atomic E-state index is 10.9. The molecule has 2 rings (SSSR count). The predicted molar refractivity (Wildman–Crippen MR) is 96.1 cm³/mol. The summed E-state index contributed by atoms with van der Waals surface area (Å²) in [7, 11) is -4.20. The first-order chi connectivity index (χ1) is 11.2. The van der Waals surface area contributed by atoms with E-state index in [9.17, 15) is 9.67 Å². The summed E-state index contributed by atoms with van der Waals surface area (Å²) in [4.78, 5) is 18.6. The van der Waals surface area contributed by atoms with Crippen LogP contribution in [-0.4, -0.2) is 27.5 Å².